The van der Waals surface area contributed by atoms with Crippen LogP contribution in [0.2, 0.25) is 0 Å². The number of hydrogen-bond acceptors (Lipinski definition) is 5. The third-order valence-electron chi connectivity index (χ3n) is 6.03. The largest absolute Gasteiger partial charge is 0.497 e. The zero-order valence-electron chi connectivity index (χ0n) is 16.7. The van der Waals surface area contributed by atoms with Crippen LogP contribution >= 0.6 is 0 Å². The van der Waals surface area contributed by atoms with Crippen molar-refractivity contribution >= 4 is 11.8 Å². The van der Waals surface area contributed by atoms with Gasteiger partial charge in [-0.15, -0.1) is 0 Å². The van der Waals surface area contributed by atoms with Gasteiger partial charge < -0.3 is 20.7 Å². The fourth-order valence-corrected chi connectivity index (χ4v) is 4.24. The number of carbonyl (C=O) groups is 2. The second-order valence-electron chi connectivity index (χ2n) is 7.68. The van der Waals surface area contributed by atoms with E-state index < -0.39 is 0 Å². The molecule has 7 heteroatoms. The molecule has 3 rings (SSSR count). The summed E-state index contributed by atoms with van der Waals surface area (Å²) in [5.74, 6) is 1.43. The first-order chi connectivity index (χ1) is 13.6. The third-order valence-corrected chi connectivity index (χ3v) is 6.03. The lowest BCUT2D eigenvalue weighted by Crippen LogP contribution is -2.52. The van der Waals surface area contributed by atoms with E-state index in [4.69, 9.17) is 10.5 Å². The fourth-order valence-electron chi connectivity index (χ4n) is 4.24. The van der Waals surface area contributed by atoms with Gasteiger partial charge in [0.15, 0.2) is 0 Å². The minimum Gasteiger partial charge on any atom is -0.497 e. The highest BCUT2D eigenvalue weighted by molar-refractivity contribution is 5.94. The van der Waals surface area contributed by atoms with Crippen LogP contribution in [0.15, 0.2) is 24.3 Å². The Morgan fingerprint density at radius 2 is 1.86 bits per heavy atom. The van der Waals surface area contributed by atoms with E-state index in [1.54, 1.807) is 31.4 Å². The third kappa shape index (κ3) is 5.02. The molecule has 154 valence electrons. The molecule has 1 aromatic carbocycles. The molecule has 0 spiro atoms. The van der Waals surface area contributed by atoms with Gasteiger partial charge in [0.05, 0.1) is 7.11 Å². The molecule has 2 aliphatic rings. The number of nitrogens with zero attached hydrogens (tertiary/aromatic N) is 2. The highest BCUT2D eigenvalue weighted by Crippen LogP contribution is 2.32. The van der Waals surface area contributed by atoms with Crippen LogP contribution in [-0.2, 0) is 4.79 Å². The maximum absolute atomic E-state index is 12.8. The van der Waals surface area contributed by atoms with Gasteiger partial charge in [0, 0.05) is 50.7 Å². The van der Waals surface area contributed by atoms with Crippen LogP contribution in [0.5, 0.6) is 5.75 Å². The number of piperazine rings is 1. The van der Waals surface area contributed by atoms with E-state index in [9.17, 15) is 9.59 Å². The Kier molecular flexibility index (Phi) is 7.28. The van der Waals surface area contributed by atoms with E-state index in [0.717, 1.165) is 57.7 Å². The summed E-state index contributed by atoms with van der Waals surface area (Å²) in [6.45, 7) is 5.23. The molecule has 28 heavy (non-hydrogen) atoms. The number of amides is 2. The number of rotatable bonds is 7. The Balaban J connectivity index is 1.37. The van der Waals surface area contributed by atoms with Gasteiger partial charge in [-0.05, 0) is 49.6 Å². The normalized spacial score (nSPS) is 22.9. The SMILES string of the molecule is COc1ccc(C(=O)NCCN2CCN(C(=O)[C@@H]3CCC[C@@H]3CN)CC2)cc1. The highest BCUT2D eigenvalue weighted by Gasteiger charge is 2.35. The molecule has 1 aliphatic carbocycles. The summed E-state index contributed by atoms with van der Waals surface area (Å²) in [7, 11) is 1.60. The quantitative estimate of drug-likeness (QED) is 0.726. The average Bonchev–Trinajstić information content (AvgIpc) is 3.22. The van der Waals surface area contributed by atoms with Gasteiger partial charge in [-0.1, -0.05) is 6.42 Å². The topological polar surface area (TPSA) is 87.9 Å². The van der Waals surface area contributed by atoms with Crippen molar-refractivity contribution in [1.82, 2.24) is 15.1 Å². The molecule has 0 unspecified atom stereocenters. The van der Waals surface area contributed by atoms with Crippen LogP contribution in [0.1, 0.15) is 29.6 Å². The molecule has 1 aromatic rings. The predicted octanol–water partition coefficient (Wildman–Crippen LogP) is 0.944. The molecule has 1 saturated heterocycles. The second-order valence-corrected chi connectivity index (χ2v) is 7.68. The van der Waals surface area contributed by atoms with Crippen LogP contribution < -0.4 is 15.8 Å². The number of ether oxygens (including phenoxy) is 1. The van der Waals surface area contributed by atoms with Crippen molar-refractivity contribution < 1.29 is 14.3 Å². The molecule has 7 nitrogen and oxygen atoms in total. The molecule has 0 aromatic heterocycles. The first-order valence-corrected chi connectivity index (χ1v) is 10.3. The number of hydrogen-bond donors (Lipinski definition) is 2. The molecule has 1 heterocycles. The summed E-state index contributed by atoms with van der Waals surface area (Å²) in [4.78, 5) is 29.3. The lowest BCUT2D eigenvalue weighted by Gasteiger charge is -2.36. The van der Waals surface area contributed by atoms with Crippen LogP contribution in [-0.4, -0.2) is 74.5 Å². The van der Waals surface area contributed by atoms with Crippen molar-refractivity contribution in [3.63, 3.8) is 0 Å². The molecular formula is C21H32N4O3. The van der Waals surface area contributed by atoms with Crippen molar-refractivity contribution in [3.05, 3.63) is 29.8 Å². The van der Waals surface area contributed by atoms with Gasteiger partial charge in [-0.3, -0.25) is 14.5 Å². The highest BCUT2D eigenvalue weighted by atomic mass is 16.5. The van der Waals surface area contributed by atoms with Gasteiger partial charge in [-0.25, -0.2) is 0 Å². The van der Waals surface area contributed by atoms with E-state index in [2.05, 4.69) is 10.2 Å². The molecule has 3 N–H and O–H groups in total. The van der Waals surface area contributed by atoms with Gasteiger partial charge >= 0.3 is 0 Å². The summed E-state index contributed by atoms with van der Waals surface area (Å²) >= 11 is 0. The number of benzene rings is 1. The zero-order valence-corrected chi connectivity index (χ0v) is 16.7. The minimum absolute atomic E-state index is 0.0782. The first-order valence-electron chi connectivity index (χ1n) is 10.3. The Morgan fingerprint density at radius 1 is 1.14 bits per heavy atom. The molecule has 0 radical (unpaired) electrons. The van der Waals surface area contributed by atoms with E-state index >= 15 is 0 Å². The zero-order chi connectivity index (χ0) is 19.9. The number of nitrogens with one attached hydrogen (secondary N) is 1. The van der Waals surface area contributed by atoms with Crippen LogP contribution in [0.4, 0.5) is 0 Å². The van der Waals surface area contributed by atoms with E-state index in [1.165, 1.54) is 0 Å². The first kappa shape index (κ1) is 20.6. The Morgan fingerprint density at radius 3 is 2.50 bits per heavy atom. The standard InChI is InChI=1S/C21H32N4O3/c1-28-18-7-5-16(6-8-18)20(26)23-9-10-24-11-13-25(14-12-24)21(27)19-4-2-3-17(19)15-22/h5-8,17,19H,2-4,9-15,22H2,1H3,(H,23,26)/t17-,19-/m1/s1. The fraction of sp³-hybridized carbons (Fsp3) is 0.619. The van der Waals surface area contributed by atoms with Crippen LogP contribution in [0, 0.1) is 11.8 Å². The predicted molar refractivity (Wildman–Crippen MR) is 108 cm³/mol. The smallest absolute Gasteiger partial charge is 0.251 e. The minimum atomic E-state index is -0.0782. The Bertz CT molecular complexity index is 656. The van der Waals surface area contributed by atoms with Crippen molar-refractivity contribution in [2.45, 2.75) is 19.3 Å². The van der Waals surface area contributed by atoms with Gasteiger partial charge in [-0.2, -0.15) is 0 Å². The maximum atomic E-state index is 12.8. The maximum Gasteiger partial charge on any atom is 0.251 e. The molecule has 0 bridgehead atoms. The number of carbonyl (C=O) groups excluding carboxylic acids is 2. The van der Waals surface area contributed by atoms with Crippen LogP contribution in [0.25, 0.3) is 0 Å². The van der Waals surface area contributed by atoms with E-state index in [0.29, 0.717) is 30.5 Å². The van der Waals surface area contributed by atoms with Crippen molar-refractivity contribution in [3.8, 4) is 5.75 Å². The second kappa shape index (κ2) is 9.89. The Labute approximate surface area is 167 Å². The van der Waals surface area contributed by atoms with E-state index in [-0.39, 0.29) is 11.8 Å². The average molecular weight is 389 g/mol. The Hall–Kier alpha value is -2.12. The summed E-state index contributed by atoms with van der Waals surface area (Å²) in [6, 6.07) is 7.09. The van der Waals surface area contributed by atoms with Crippen molar-refractivity contribution in [2.75, 3.05) is 52.9 Å². The van der Waals surface area contributed by atoms with Gasteiger partial charge in [0.1, 0.15) is 5.75 Å². The molecule has 1 saturated carbocycles. The molecule has 1 aliphatic heterocycles. The summed E-state index contributed by atoms with van der Waals surface area (Å²) in [5, 5.41) is 2.96. The van der Waals surface area contributed by atoms with Crippen molar-refractivity contribution in [1.29, 1.82) is 0 Å². The number of methoxy groups -OCH3 is 1. The summed E-state index contributed by atoms with van der Waals surface area (Å²) in [5.41, 5.74) is 6.46. The molecule has 2 amide bonds. The lowest BCUT2D eigenvalue weighted by atomic mass is 9.94. The summed E-state index contributed by atoms with van der Waals surface area (Å²) < 4.78 is 5.11. The monoisotopic (exact) mass is 388 g/mol. The molecular weight excluding hydrogens is 356 g/mol. The van der Waals surface area contributed by atoms with Crippen molar-refractivity contribution in [2.24, 2.45) is 17.6 Å². The molecule has 2 atom stereocenters. The van der Waals surface area contributed by atoms with Gasteiger partial charge in [0.25, 0.3) is 5.91 Å². The summed E-state index contributed by atoms with van der Waals surface area (Å²) in [6.07, 6.45) is 3.19. The van der Waals surface area contributed by atoms with Crippen LogP contribution in [0.3, 0.4) is 0 Å². The molecule has 2 fully saturated rings. The lowest BCUT2D eigenvalue weighted by molar-refractivity contribution is -0.138. The number of nitrogens with two attached hydrogens (primary N) is 1. The van der Waals surface area contributed by atoms with Gasteiger partial charge in [0.2, 0.25) is 5.91 Å². The van der Waals surface area contributed by atoms with E-state index in [1.807, 2.05) is 4.90 Å².